The van der Waals surface area contributed by atoms with E-state index in [1.807, 2.05) is 45.9 Å². The number of nitro groups is 1. The summed E-state index contributed by atoms with van der Waals surface area (Å²) in [6, 6.07) is 14.9. The molecule has 1 aliphatic rings. The second-order valence-electron chi connectivity index (χ2n) is 7.23. The van der Waals surface area contributed by atoms with Gasteiger partial charge in [0.25, 0.3) is 11.6 Å². The van der Waals surface area contributed by atoms with Gasteiger partial charge in [0.1, 0.15) is 11.2 Å². The molecule has 3 aromatic rings. The third kappa shape index (κ3) is 3.05. The molecule has 4 rings (SSSR count). The van der Waals surface area contributed by atoms with Crippen molar-refractivity contribution in [3.63, 3.8) is 0 Å². The van der Waals surface area contributed by atoms with Crippen LogP contribution in [-0.4, -0.2) is 33.4 Å². The van der Waals surface area contributed by atoms with Crippen LogP contribution in [-0.2, 0) is 13.0 Å². The van der Waals surface area contributed by atoms with Crippen molar-refractivity contribution in [1.82, 2.24) is 9.47 Å². The molecule has 6 heteroatoms. The molecule has 1 amide bonds. The first-order valence-electron chi connectivity index (χ1n) is 9.73. The van der Waals surface area contributed by atoms with Crippen molar-refractivity contribution in [2.24, 2.45) is 0 Å². The lowest BCUT2D eigenvalue weighted by atomic mass is 10.0. The van der Waals surface area contributed by atoms with E-state index in [4.69, 9.17) is 0 Å². The third-order valence-electron chi connectivity index (χ3n) is 5.45. The van der Waals surface area contributed by atoms with Gasteiger partial charge in [-0.2, -0.15) is 0 Å². The Balaban J connectivity index is 1.92. The van der Waals surface area contributed by atoms with Crippen LogP contribution in [0.4, 0.5) is 5.69 Å². The van der Waals surface area contributed by atoms with Crippen LogP contribution in [0.3, 0.4) is 0 Å². The molecule has 0 atom stereocenters. The first kappa shape index (κ1) is 18.2. The highest BCUT2D eigenvalue weighted by Crippen LogP contribution is 2.36. The van der Waals surface area contributed by atoms with Crippen LogP contribution in [0.1, 0.15) is 41.4 Å². The molecule has 2 heterocycles. The highest BCUT2D eigenvalue weighted by Gasteiger charge is 2.33. The summed E-state index contributed by atoms with van der Waals surface area (Å²) < 4.78 is 1.86. The Kier molecular flexibility index (Phi) is 4.86. The largest absolute Gasteiger partial charge is 0.337 e. The van der Waals surface area contributed by atoms with Crippen molar-refractivity contribution in [3.05, 3.63) is 75.5 Å². The van der Waals surface area contributed by atoms with Gasteiger partial charge < -0.3 is 9.47 Å². The Morgan fingerprint density at radius 3 is 2.61 bits per heavy atom. The highest BCUT2D eigenvalue weighted by molar-refractivity contribution is 6.05. The van der Waals surface area contributed by atoms with E-state index in [0.29, 0.717) is 24.3 Å². The Bertz CT molecular complexity index is 1040. The number of hydrogen-bond donors (Lipinski definition) is 0. The van der Waals surface area contributed by atoms with E-state index in [2.05, 4.69) is 6.92 Å². The molecule has 0 fully saturated rings. The first-order valence-corrected chi connectivity index (χ1v) is 9.73. The van der Waals surface area contributed by atoms with Crippen LogP contribution in [0.15, 0.2) is 48.5 Å². The van der Waals surface area contributed by atoms with Crippen molar-refractivity contribution in [2.75, 3.05) is 13.1 Å². The summed E-state index contributed by atoms with van der Waals surface area (Å²) in [7, 11) is 0. The lowest BCUT2D eigenvalue weighted by Crippen LogP contribution is -2.39. The summed E-state index contributed by atoms with van der Waals surface area (Å²) >= 11 is 0. The van der Waals surface area contributed by atoms with Crippen LogP contribution in [0.2, 0.25) is 0 Å². The first-order chi connectivity index (χ1) is 13.6. The normalized spacial score (nSPS) is 13.8. The molecule has 2 aromatic carbocycles. The van der Waals surface area contributed by atoms with Crippen LogP contribution >= 0.6 is 0 Å². The summed E-state index contributed by atoms with van der Waals surface area (Å²) in [5.41, 5.74) is 3.16. The zero-order chi connectivity index (χ0) is 19.7. The number of fused-ring (bicyclic) bond motifs is 3. The monoisotopic (exact) mass is 377 g/mol. The molecule has 0 N–H and O–H groups in total. The number of nitro benzene ring substituents is 1. The number of unbranched alkanes of at least 4 members (excludes halogenated alkanes) is 1. The molecular formula is C22H23N3O3. The van der Waals surface area contributed by atoms with Gasteiger partial charge in [0.05, 0.1) is 4.92 Å². The van der Waals surface area contributed by atoms with Crippen molar-refractivity contribution in [2.45, 2.75) is 32.7 Å². The summed E-state index contributed by atoms with van der Waals surface area (Å²) in [6.45, 7) is 3.93. The quantitative estimate of drug-likeness (QED) is 0.472. The van der Waals surface area contributed by atoms with E-state index in [-0.39, 0.29) is 16.5 Å². The molecule has 1 aliphatic heterocycles. The molecule has 0 aliphatic carbocycles. The van der Waals surface area contributed by atoms with Gasteiger partial charge in [-0.15, -0.1) is 0 Å². The summed E-state index contributed by atoms with van der Waals surface area (Å²) in [5.74, 6) is -0.0175. The van der Waals surface area contributed by atoms with Crippen LogP contribution in [0.5, 0.6) is 0 Å². The van der Waals surface area contributed by atoms with Crippen LogP contribution < -0.4 is 0 Å². The maximum atomic E-state index is 13.3. The molecule has 0 radical (unpaired) electrons. The molecule has 144 valence electrons. The summed E-state index contributed by atoms with van der Waals surface area (Å²) in [6.07, 6.45) is 2.71. The number of benzene rings is 2. The fourth-order valence-electron chi connectivity index (χ4n) is 4.09. The maximum absolute atomic E-state index is 13.3. The van der Waals surface area contributed by atoms with E-state index >= 15 is 0 Å². The van der Waals surface area contributed by atoms with Gasteiger partial charge >= 0.3 is 0 Å². The van der Waals surface area contributed by atoms with Gasteiger partial charge in [-0.25, -0.2) is 0 Å². The molecule has 0 spiro atoms. The lowest BCUT2D eigenvalue weighted by Gasteiger charge is -2.28. The maximum Gasteiger partial charge on any atom is 0.293 e. The molecule has 0 saturated heterocycles. The predicted octanol–water partition coefficient (Wildman–Crippen LogP) is 4.40. The van der Waals surface area contributed by atoms with Crippen LogP contribution in [0, 0.1) is 10.1 Å². The van der Waals surface area contributed by atoms with E-state index in [1.54, 1.807) is 6.07 Å². The van der Waals surface area contributed by atoms with Gasteiger partial charge in [0.2, 0.25) is 0 Å². The number of nitrogens with zero attached hydrogens (tertiary/aromatic N) is 3. The minimum Gasteiger partial charge on any atom is -0.337 e. The number of carbonyl (C=O) groups is 1. The SMILES string of the molecule is CCCCN1CCc2c(n(Cc3ccccc3)c3c([N+](=O)[O-])cccc23)C1=O. The van der Waals surface area contributed by atoms with Gasteiger partial charge in [0, 0.05) is 31.1 Å². The molecule has 1 aromatic heterocycles. The zero-order valence-corrected chi connectivity index (χ0v) is 15.9. The molecule has 0 unspecified atom stereocenters. The fourth-order valence-corrected chi connectivity index (χ4v) is 4.09. The fraction of sp³-hybridized carbons (Fsp3) is 0.318. The predicted molar refractivity (Wildman–Crippen MR) is 109 cm³/mol. The number of aromatic nitrogens is 1. The van der Waals surface area contributed by atoms with Gasteiger partial charge in [0.15, 0.2) is 0 Å². The Labute approximate surface area is 163 Å². The molecule has 28 heavy (non-hydrogen) atoms. The zero-order valence-electron chi connectivity index (χ0n) is 15.9. The Morgan fingerprint density at radius 2 is 1.89 bits per heavy atom. The number of rotatable bonds is 6. The minimum atomic E-state index is -0.353. The summed E-state index contributed by atoms with van der Waals surface area (Å²) in [4.78, 5) is 26.6. The molecule has 0 saturated carbocycles. The second-order valence-corrected chi connectivity index (χ2v) is 7.23. The number of para-hydroxylation sites is 1. The Hall–Kier alpha value is -3.15. The van der Waals surface area contributed by atoms with Gasteiger partial charge in [-0.05, 0) is 24.0 Å². The minimum absolute atomic E-state index is 0.0175. The van der Waals surface area contributed by atoms with E-state index < -0.39 is 0 Å². The number of amides is 1. The number of non-ortho nitro benzene ring substituents is 1. The number of carbonyl (C=O) groups excluding carboxylic acids is 1. The van der Waals surface area contributed by atoms with E-state index in [0.717, 1.165) is 42.3 Å². The van der Waals surface area contributed by atoms with Crippen molar-refractivity contribution in [1.29, 1.82) is 0 Å². The van der Waals surface area contributed by atoms with E-state index in [1.165, 1.54) is 6.07 Å². The molecular weight excluding hydrogens is 354 g/mol. The summed E-state index contributed by atoms with van der Waals surface area (Å²) in [5, 5.41) is 12.5. The second kappa shape index (κ2) is 7.46. The highest BCUT2D eigenvalue weighted by atomic mass is 16.6. The topological polar surface area (TPSA) is 68.4 Å². The van der Waals surface area contributed by atoms with Crippen molar-refractivity contribution >= 4 is 22.5 Å². The van der Waals surface area contributed by atoms with Gasteiger partial charge in [-0.3, -0.25) is 14.9 Å². The molecule has 0 bridgehead atoms. The van der Waals surface area contributed by atoms with Gasteiger partial charge in [-0.1, -0.05) is 55.8 Å². The average molecular weight is 377 g/mol. The number of hydrogen-bond acceptors (Lipinski definition) is 3. The standard InChI is InChI=1S/C22H23N3O3/c1-2-3-13-23-14-12-18-17-10-7-11-19(25(27)28)20(17)24(21(18)22(23)26)15-16-8-5-4-6-9-16/h4-11H,2-3,12-15H2,1H3. The smallest absolute Gasteiger partial charge is 0.293 e. The lowest BCUT2D eigenvalue weighted by molar-refractivity contribution is -0.383. The van der Waals surface area contributed by atoms with Crippen molar-refractivity contribution < 1.29 is 9.72 Å². The third-order valence-corrected chi connectivity index (χ3v) is 5.45. The van der Waals surface area contributed by atoms with Crippen LogP contribution in [0.25, 0.3) is 10.9 Å². The Morgan fingerprint density at radius 1 is 1.11 bits per heavy atom. The van der Waals surface area contributed by atoms with Crippen molar-refractivity contribution in [3.8, 4) is 0 Å². The van der Waals surface area contributed by atoms with E-state index in [9.17, 15) is 14.9 Å². The average Bonchev–Trinajstić information content (AvgIpc) is 3.02. The molecule has 6 nitrogen and oxygen atoms in total.